The lowest BCUT2D eigenvalue weighted by Crippen LogP contribution is -2.36. The third-order valence-electron chi connectivity index (χ3n) is 5.32. The Morgan fingerprint density at radius 1 is 0.968 bits per heavy atom. The highest BCUT2D eigenvalue weighted by molar-refractivity contribution is 14.0. The fraction of sp³-hybridized carbons (Fsp3) is 0.333. The van der Waals surface area contributed by atoms with E-state index in [1.165, 1.54) is 37.1 Å². The second kappa shape index (κ2) is 12.2. The molecule has 2 N–H and O–H groups in total. The van der Waals surface area contributed by atoms with Crippen LogP contribution in [0.3, 0.4) is 0 Å². The lowest BCUT2D eigenvalue weighted by molar-refractivity contribution is 0.331. The average molecular weight is 548 g/mol. The number of rotatable bonds is 7. The molecule has 7 heteroatoms. The SMILES string of the molecule is CN=C(NCc1ccc(CN2CCCC2)cc1)NCc1csc(-c2ccccc2)n1.I. The third kappa shape index (κ3) is 7.02. The van der Waals surface area contributed by atoms with Gasteiger partial charge in [0.25, 0.3) is 0 Å². The summed E-state index contributed by atoms with van der Waals surface area (Å²) in [5, 5.41) is 9.89. The van der Waals surface area contributed by atoms with Crippen LogP contribution >= 0.6 is 35.3 Å². The van der Waals surface area contributed by atoms with Gasteiger partial charge in [-0.1, -0.05) is 54.6 Å². The maximum absolute atomic E-state index is 4.73. The molecule has 1 fully saturated rings. The van der Waals surface area contributed by atoms with Crippen LogP contribution < -0.4 is 10.6 Å². The predicted octanol–water partition coefficient (Wildman–Crippen LogP) is 4.89. The Bertz CT molecular complexity index is 950. The van der Waals surface area contributed by atoms with Crippen molar-refractivity contribution in [3.8, 4) is 10.6 Å². The van der Waals surface area contributed by atoms with E-state index in [2.05, 4.69) is 62.3 Å². The molecule has 3 aromatic rings. The Balaban J connectivity index is 0.00000272. The molecule has 0 bridgehead atoms. The highest BCUT2D eigenvalue weighted by atomic mass is 127. The van der Waals surface area contributed by atoms with E-state index in [0.29, 0.717) is 6.54 Å². The Morgan fingerprint density at radius 3 is 2.35 bits per heavy atom. The molecule has 164 valence electrons. The number of thiazole rings is 1. The molecule has 1 aliphatic rings. The maximum Gasteiger partial charge on any atom is 0.191 e. The Kier molecular flexibility index (Phi) is 9.30. The Labute approximate surface area is 206 Å². The van der Waals surface area contributed by atoms with Crippen molar-refractivity contribution in [2.45, 2.75) is 32.5 Å². The molecule has 0 saturated carbocycles. The molecule has 1 saturated heterocycles. The predicted molar refractivity (Wildman–Crippen MR) is 141 cm³/mol. The van der Waals surface area contributed by atoms with Gasteiger partial charge in [0.15, 0.2) is 5.96 Å². The number of nitrogens with zero attached hydrogens (tertiary/aromatic N) is 3. The minimum atomic E-state index is 0. The zero-order valence-corrected chi connectivity index (χ0v) is 21.0. The number of guanidine groups is 1. The summed E-state index contributed by atoms with van der Waals surface area (Å²) >= 11 is 1.67. The van der Waals surface area contributed by atoms with Crippen LogP contribution in [0.5, 0.6) is 0 Å². The average Bonchev–Trinajstić information content (AvgIpc) is 3.48. The summed E-state index contributed by atoms with van der Waals surface area (Å²) in [6.07, 6.45) is 2.67. The number of halogens is 1. The van der Waals surface area contributed by atoms with Crippen molar-refractivity contribution < 1.29 is 0 Å². The zero-order chi connectivity index (χ0) is 20.6. The van der Waals surface area contributed by atoms with Gasteiger partial charge in [-0.25, -0.2) is 4.98 Å². The number of aromatic nitrogens is 1. The van der Waals surface area contributed by atoms with E-state index in [0.717, 1.165) is 35.3 Å². The highest BCUT2D eigenvalue weighted by Gasteiger charge is 2.11. The minimum absolute atomic E-state index is 0. The van der Waals surface area contributed by atoms with Crippen LogP contribution in [0.4, 0.5) is 0 Å². The second-order valence-electron chi connectivity index (χ2n) is 7.59. The van der Waals surface area contributed by atoms with Crippen molar-refractivity contribution in [3.63, 3.8) is 0 Å². The number of aliphatic imine (C=N–C) groups is 1. The molecule has 0 radical (unpaired) electrons. The zero-order valence-electron chi connectivity index (χ0n) is 17.9. The first-order valence-electron chi connectivity index (χ1n) is 10.5. The van der Waals surface area contributed by atoms with Gasteiger partial charge in [-0.2, -0.15) is 0 Å². The largest absolute Gasteiger partial charge is 0.352 e. The number of benzene rings is 2. The van der Waals surface area contributed by atoms with Crippen LogP contribution in [0.2, 0.25) is 0 Å². The van der Waals surface area contributed by atoms with Gasteiger partial charge in [0.1, 0.15) is 5.01 Å². The Hall–Kier alpha value is -1.97. The molecule has 5 nitrogen and oxygen atoms in total. The molecular weight excluding hydrogens is 517 g/mol. The van der Waals surface area contributed by atoms with Crippen molar-refractivity contribution in [2.75, 3.05) is 20.1 Å². The van der Waals surface area contributed by atoms with E-state index >= 15 is 0 Å². The molecule has 2 heterocycles. The molecule has 2 aromatic carbocycles. The first-order valence-corrected chi connectivity index (χ1v) is 11.4. The van der Waals surface area contributed by atoms with Crippen LogP contribution in [0.15, 0.2) is 65.0 Å². The van der Waals surface area contributed by atoms with E-state index in [9.17, 15) is 0 Å². The van der Waals surface area contributed by atoms with Crippen molar-refractivity contribution in [2.24, 2.45) is 4.99 Å². The number of hydrogen-bond acceptors (Lipinski definition) is 4. The quantitative estimate of drug-likeness (QED) is 0.251. The van der Waals surface area contributed by atoms with Crippen LogP contribution in [-0.2, 0) is 19.6 Å². The van der Waals surface area contributed by atoms with E-state index in [-0.39, 0.29) is 24.0 Å². The smallest absolute Gasteiger partial charge is 0.191 e. The highest BCUT2D eigenvalue weighted by Crippen LogP contribution is 2.23. The topological polar surface area (TPSA) is 52.6 Å². The Morgan fingerprint density at radius 2 is 1.65 bits per heavy atom. The van der Waals surface area contributed by atoms with Crippen molar-refractivity contribution in [3.05, 3.63) is 76.8 Å². The molecular formula is C24H30IN5S. The summed E-state index contributed by atoms with van der Waals surface area (Å²) in [7, 11) is 1.80. The van der Waals surface area contributed by atoms with E-state index in [1.54, 1.807) is 18.4 Å². The summed E-state index contributed by atoms with van der Waals surface area (Å²) in [5.74, 6) is 0.783. The van der Waals surface area contributed by atoms with E-state index in [1.807, 2.05) is 18.2 Å². The van der Waals surface area contributed by atoms with E-state index < -0.39 is 0 Å². The summed E-state index contributed by atoms with van der Waals surface area (Å²) < 4.78 is 0. The van der Waals surface area contributed by atoms with Gasteiger partial charge in [0, 0.05) is 31.1 Å². The minimum Gasteiger partial charge on any atom is -0.352 e. The lowest BCUT2D eigenvalue weighted by Gasteiger charge is -2.15. The normalized spacial score (nSPS) is 14.3. The van der Waals surface area contributed by atoms with Gasteiger partial charge in [0.2, 0.25) is 0 Å². The third-order valence-corrected chi connectivity index (χ3v) is 6.26. The molecule has 31 heavy (non-hydrogen) atoms. The standard InChI is InChI=1S/C24H29N5S.HI/c1-25-24(27-16-22-18-30-23(28-22)21-7-3-2-4-8-21)26-15-19-9-11-20(12-10-19)17-29-13-5-6-14-29;/h2-4,7-12,18H,5-6,13-17H2,1H3,(H2,25,26,27);1H. The molecule has 0 unspecified atom stereocenters. The number of likely N-dealkylation sites (tertiary alicyclic amines) is 1. The van der Waals surface area contributed by atoms with Gasteiger partial charge in [-0.05, 0) is 37.1 Å². The maximum atomic E-state index is 4.73. The monoisotopic (exact) mass is 547 g/mol. The molecule has 0 aliphatic carbocycles. The summed E-state index contributed by atoms with van der Waals surface area (Å²) in [6.45, 7) is 4.93. The first-order chi connectivity index (χ1) is 14.8. The molecule has 1 aromatic heterocycles. The number of hydrogen-bond donors (Lipinski definition) is 2. The summed E-state index contributed by atoms with van der Waals surface area (Å²) in [5.41, 5.74) is 4.82. The van der Waals surface area contributed by atoms with E-state index in [4.69, 9.17) is 4.98 Å². The van der Waals surface area contributed by atoms with Crippen LogP contribution in [0.1, 0.15) is 29.7 Å². The van der Waals surface area contributed by atoms with Crippen LogP contribution in [0.25, 0.3) is 10.6 Å². The van der Waals surface area contributed by atoms with Gasteiger partial charge in [-0.15, -0.1) is 35.3 Å². The van der Waals surface area contributed by atoms with Crippen LogP contribution in [0, 0.1) is 0 Å². The fourth-order valence-electron chi connectivity index (χ4n) is 3.64. The lowest BCUT2D eigenvalue weighted by atomic mass is 10.1. The number of nitrogens with one attached hydrogen (secondary N) is 2. The van der Waals surface area contributed by atoms with Gasteiger partial charge in [0.05, 0.1) is 12.2 Å². The molecule has 0 spiro atoms. The molecule has 0 amide bonds. The van der Waals surface area contributed by atoms with Crippen molar-refractivity contribution >= 4 is 41.3 Å². The van der Waals surface area contributed by atoms with Crippen LogP contribution in [-0.4, -0.2) is 36.0 Å². The van der Waals surface area contributed by atoms with Crippen molar-refractivity contribution in [1.82, 2.24) is 20.5 Å². The van der Waals surface area contributed by atoms with Gasteiger partial charge in [-0.3, -0.25) is 9.89 Å². The van der Waals surface area contributed by atoms with Gasteiger partial charge < -0.3 is 10.6 Å². The van der Waals surface area contributed by atoms with Gasteiger partial charge >= 0.3 is 0 Å². The summed E-state index contributed by atoms with van der Waals surface area (Å²) in [4.78, 5) is 11.6. The summed E-state index contributed by atoms with van der Waals surface area (Å²) in [6, 6.07) is 19.2. The molecule has 4 rings (SSSR count). The molecule has 1 aliphatic heterocycles. The first kappa shape index (κ1) is 23.7. The van der Waals surface area contributed by atoms with Crippen molar-refractivity contribution in [1.29, 1.82) is 0 Å². The molecule has 0 atom stereocenters. The second-order valence-corrected chi connectivity index (χ2v) is 8.45. The fourth-order valence-corrected chi connectivity index (χ4v) is 4.47.